The Morgan fingerprint density at radius 3 is 2.00 bits per heavy atom. The summed E-state index contributed by atoms with van der Waals surface area (Å²) in [7, 11) is 1.69. The van der Waals surface area contributed by atoms with Crippen LogP contribution in [0.25, 0.3) is 5.57 Å². The molecule has 21 heavy (non-hydrogen) atoms. The molecule has 0 heterocycles. The fourth-order valence-corrected chi connectivity index (χ4v) is 3.03. The maximum Gasteiger partial charge on any atom is 0.0269 e. The van der Waals surface area contributed by atoms with Gasteiger partial charge in [0.2, 0.25) is 0 Å². The van der Waals surface area contributed by atoms with Gasteiger partial charge in [-0.15, -0.1) is 0 Å². The zero-order valence-corrected chi connectivity index (χ0v) is 12.4. The molecule has 2 aromatic rings. The fraction of sp³-hybridized carbons (Fsp3) is 0.263. The first-order chi connectivity index (χ1) is 10.3. The average molecular weight is 279 g/mol. The van der Waals surface area contributed by atoms with Gasteiger partial charge in [-0.25, -0.2) is 0 Å². The second kappa shape index (κ2) is 6.25. The van der Waals surface area contributed by atoms with E-state index in [0.29, 0.717) is 6.54 Å². The van der Waals surface area contributed by atoms with Crippen molar-refractivity contribution in [2.75, 3.05) is 13.6 Å². The van der Waals surface area contributed by atoms with Crippen molar-refractivity contribution in [2.24, 2.45) is 0 Å². The van der Waals surface area contributed by atoms with Crippen LogP contribution in [0.5, 0.6) is 0 Å². The zero-order valence-electron chi connectivity index (χ0n) is 12.4. The Kier molecular flexibility index (Phi) is 4.18. The molecule has 1 N–H and O–H groups in total. The number of hydrogen-bond acceptors (Lipinski definition) is 2. The molecule has 3 rings (SSSR count). The van der Waals surface area contributed by atoms with Crippen molar-refractivity contribution in [1.29, 1.82) is 0 Å². The molecular formula is C19H21NO. The van der Waals surface area contributed by atoms with Gasteiger partial charge in [0.1, 0.15) is 0 Å². The summed E-state index contributed by atoms with van der Waals surface area (Å²) in [4.78, 5) is 0. The summed E-state index contributed by atoms with van der Waals surface area (Å²) in [6, 6.07) is 17.3. The van der Waals surface area contributed by atoms with E-state index >= 15 is 0 Å². The summed E-state index contributed by atoms with van der Waals surface area (Å²) >= 11 is 0. The van der Waals surface area contributed by atoms with Gasteiger partial charge in [0.05, 0.1) is 0 Å². The Hall–Kier alpha value is -1.90. The minimum absolute atomic E-state index is 0.647. The molecule has 0 saturated carbocycles. The molecule has 0 aromatic heterocycles. The molecule has 108 valence electrons. The van der Waals surface area contributed by atoms with Gasteiger partial charge >= 0.3 is 0 Å². The molecule has 0 fully saturated rings. The van der Waals surface area contributed by atoms with E-state index in [1.54, 1.807) is 7.05 Å². The van der Waals surface area contributed by atoms with Gasteiger partial charge in [-0.2, -0.15) is 5.06 Å². The zero-order chi connectivity index (χ0) is 14.7. The van der Waals surface area contributed by atoms with E-state index < -0.39 is 0 Å². The molecule has 2 heteroatoms. The van der Waals surface area contributed by atoms with E-state index in [0.717, 1.165) is 19.3 Å². The van der Waals surface area contributed by atoms with Crippen LogP contribution in [0.2, 0.25) is 0 Å². The van der Waals surface area contributed by atoms with Gasteiger partial charge in [0.25, 0.3) is 0 Å². The number of nitrogens with zero attached hydrogens (tertiary/aromatic N) is 1. The van der Waals surface area contributed by atoms with E-state index in [9.17, 15) is 5.21 Å². The maximum absolute atomic E-state index is 9.33. The second-order valence-corrected chi connectivity index (χ2v) is 5.60. The van der Waals surface area contributed by atoms with Gasteiger partial charge in [0.15, 0.2) is 0 Å². The van der Waals surface area contributed by atoms with E-state index in [4.69, 9.17) is 0 Å². The molecule has 0 aliphatic heterocycles. The lowest BCUT2D eigenvalue weighted by Gasteiger charge is -2.13. The third kappa shape index (κ3) is 3.07. The third-order valence-corrected chi connectivity index (χ3v) is 4.08. The molecule has 2 nitrogen and oxygen atoms in total. The Morgan fingerprint density at radius 1 is 0.952 bits per heavy atom. The number of hydroxylamine groups is 2. The summed E-state index contributed by atoms with van der Waals surface area (Å²) in [5.74, 6) is 0. The predicted octanol–water partition coefficient (Wildman–Crippen LogP) is 3.93. The normalized spacial score (nSPS) is 13.6. The molecular weight excluding hydrogens is 258 g/mol. The molecule has 0 amide bonds. The monoisotopic (exact) mass is 279 g/mol. The molecule has 0 saturated heterocycles. The first-order valence-electron chi connectivity index (χ1n) is 7.52. The minimum Gasteiger partial charge on any atom is -0.314 e. The predicted molar refractivity (Wildman–Crippen MR) is 86.4 cm³/mol. The molecule has 1 aliphatic carbocycles. The summed E-state index contributed by atoms with van der Waals surface area (Å²) in [6.45, 7) is 0.647. The second-order valence-electron chi connectivity index (χ2n) is 5.60. The lowest BCUT2D eigenvalue weighted by Crippen LogP contribution is -2.13. The highest BCUT2D eigenvalue weighted by Crippen LogP contribution is 2.33. The van der Waals surface area contributed by atoms with Gasteiger partial charge in [0, 0.05) is 13.6 Å². The van der Waals surface area contributed by atoms with Crippen molar-refractivity contribution >= 4 is 5.57 Å². The number of aryl methyl sites for hydroxylation is 2. The van der Waals surface area contributed by atoms with Gasteiger partial charge in [-0.3, -0.25) is 0 Å². The van der Waals surface area contributed by atoms with Crippen molar-refractivity contribution in [3.8, 4) is 0 Å². The van der Waals surface area contributed by atoms with Crippen LogP contribution >= 0.6 is 0 Å². The SMILES string of the molecule is CN(O)CCC=C1c2ccccc2CCc2ccccc21. The number of benzene rings is 2. The van der Waals surface area contributed by atoms with Crippen LogP contribution in [0.3, 0.4) is 0 Å². The quantitative estimate of drug-likeness (QED) is 0.861. The summed E-state index contributed by atoms with van der Waals surface area (Å²) < 4.78 is 0. The third-order valence-electron chi connectivity index (χ3n) is 4.08. The lowest BCUT2D eigenvalue weighted by molar-refractivity contribution is -0.0628. The summed E-state index contributed by atoms with van der Waals surface area (Å²) in [6.07, 6.45) is 5.27. The smallest absolute Gasteiger partial charge is 0.0269 e. The van der Waals surface area contributed by atoms with Crippen molar-refractivity contribution in [3.05, 3.63) is 76.9 Å². The topological polar surface area (TPSA) is 23.5 Å². The van der Waals surface area contributed by atoms with Crippen LogP contribution in [0.4, 0.5) is 0 Å². The Morgan fingerprint density at radius 2 is 1.48 bits per heavy atom. The van der Waals surface area contributed by atoms with Crippen LogP contribution in [0, 0.1) is 0 Å². The van der Waals surface area contributed by atoms with E-state index in [1.165, 1.54) is 32.9 Å². The molecule has 0 unspecified atom stereocenters. The van der Waals surface area contributed by atoms with E-state index in [-0.39, 0.29) is 0 Å². The number of rotatable bonds is 3. The number of fused-ring (bicyclic) bond motifs is 2. The highest BCUT2D eigenvalue weighted by molar-refractivity contribution is 5.83. The van der Waals surface area contributed by atoms with E-state index in [2.05, 4.69) is 54.6 Å². The van der Waals surface area contributed by atoms with Crippen LogP contribution in [-0.2, 0) is 12.8 Å². The number of hydrogen-bond donors (Lipinski definition) is 1. The highest BCUT2D eigenvalue weighted by Gasteiger charge is 2.16. The maximum atomic E-state index is 9.33. The molecule has 0 atom stereocenters. The first kappa shape index (κ1) is 14.1. The first-order valence-corrected chi connectivity index (χ1v) is 7.52. The van der Waals surface area contributed by atoms with Crippen LogP contribution in [0.1, 0.15) is 28.7 Å². The fourth-order valence-electron chi connectivity index (χ4n) is 3.03. The Bertz CT molecular complexity index is 609. The summed E-state index contributed by atoms with van der Waals surface area (Å²) in [5.41, 5.74) is 6.81. The Labute approximate surface area is 126 Å². The summed E-state index contributed by atoms with van der Waals surface area (Å²) in [5, 5.41) is 10.6. The molecule has 1 aliphatic rings. The van der Waals surface area contributed by atoms with Gasteiger partial charge in [-0.05, 0) is 47.1 Å². The average Bonchev–Trinajstić information content (AvgIpc) is 2.65. The highest BCUT2D eigenvalue weighted by atomic mass is 16.5. The largest absolute Gasteiger partial charge is 0.314 e. The van der Waals surface area contributed by atoms with Crippen LogP contribution < -0.4 is 0 Å². The van der Waals surface area contributed by atoms with Gasteiger partial charge in [-0.1, -0.05) is 54.6 Å². The van der Waals surface area contributed by atoms with E-state index in [1.807, 2.05) is 0 Å². The van der Waals surface area contributed by atoms with Crippen molar-refractivity contribution in [2.45, 2.75) is 19.3 Å². The Balaban J connectivity index is 2.07. The molecule has 0 radical (unpaired) electrons. The van der Waals surface area contributed by atoms with Crippen LogP contribution in [-0.4, -0.2) is 23.9 Å². The minimum atomic E-state index is 0.647. The lowest BCUT2D eigenvalue weighted by atomic mass is 9.93. The van der Waals surface area contributed by atoms with Crippen molar-refractivity contribution in [1.82, 2.24) is 5.06 Å². The molecule has 0 spiro atoms. The molecule has 0 bridgehead atoms. The standard InChI is InChI=1S/C19H21NO/c1-20(21)14-6-11-19-17-9-4-2-7-15(17)12-13-16-8-3-5-10-18(16)19/h2-5,7-11,21H,6,12-14H2,1H3. The van der Waals surface area contributed by atoms with Gasteiger partial charge < -0.3 is 5.21 Å². The van der Waals surface area contributed by atoms with Crippen molar-refractivity contribution in [3.63, 3.8) is 0 Å². The molecule has 2 aromatic carbocycles. The van der Waals surface area contributed by atoms with Crippen LogP contribution in [0.15, 0.2) is 54.6 Å². The van der Waals surface area contributed by atoms with Crippen molar-refractivity contribution < 1.29 is 5.21 Å².